The second-order valence-corrected chi connectivity index (χ2v) is 9.10. The topological polar surface area (TPSA) is 98.6 Å². The van der Waals surface area contributed by atoms with Gasteiger partial charge in [0.15, 0.2) is 11.5 Å². The number of hydrogen-bond donors (Lipinski definition) is 1. The molecule has 0 aliphatic carbocycles. The molecule has 2 heterocycles. The lowest BCUT2D eigenvalue weighted by Gasteiger charge is -2.33. The lowest BCUT2D eigenvalue weighted by Crippen LogP contribution is -2.51. The summed E-state index contributed by atoms with van der Waals surface area (Å²) in [6.07, 6.45) is 0. The van der Waals surface area contributed by atoms with Crippen LogP contribution in [0.3, 0.4) is 0 Å². The van der Waals surface area contributed by atoms with Crippen LogP contribution in [0.4, 0.5) is 10.1 Å². The molecule has 1 N–H and O–H groups in total. The molecule has 1 aliphatic heterocycles. The zero-order valence-corrected chi connectivity index (χ0v) is 20.4. The minimum atomic E-state index is -0.896. The second-order valence-electron chi connectivity index (χ2n) is 9.10. The minimum Gasteiger partial charge on any atom is -0.454 e. The molecule has 3 aromatic carbocycles. The number of carbonyl (C=O) groups is 2. The van der Waals surface area contributed by atoms with E-state index in [2.05, 4.69) is 15.6 Å². The number of anilines is 1. The Balaban J connectivity index is 1.45. The number of amides is 2. The maximum atomic E-state index is 14.6. The fraction of sp³-hybridized carbons (Fsp3) is 0.259. The maximum absolute atomic E-state index is 14.6. The second kappa shape index (κ2) is 10.3. The highest BCUT2D eigenvalue weighted by molar-refractivity contribution is 5.97. The first-order valence-corrected chi connectivity index (χ1v) is 11.9. The lowest BCUT2D eigenvalue weighted by molar-refractivity contribution is -0.141. The molecule has 190 valence electrons. The average molecular weight is 504 g/mol. The van der Waals surface area contributed by atoms with Crippen LogP contribution in [-0.4, -0.2) is 44.5 Å². The molecule has 1 unspecified atom stereocenters. The molecule has 0 saturated carbocycles. The van der Waals surface area contributed by atoms with E-state index in [1.54, 1.807) is 42.5 Å². The molecule has 1 atom stereocenters. The van der Waals surface area contributed by atoms with E-state index in [9.17, 15) is 14.0 Å². The zero-order chi connectivity index (χ0) is 25.9. The van der Waals surface area contributed by atoms with E-state index >= 15 is 0 Å². The summed E-state index contributed by atoms with van der Waals surface area (Å²) in [5, 5.41) is 11.1. The van der Waals surface area contributed by atoms with Crippen LogP contribution in [-0.2, 0) is 22.7 Å². The van der Waals surface area contributed by atoms with Gasteiger partial charge in [-0.1, -0.05) is 49.4 Å². The predicted octanol–water partition coefficient (Wildman–Crippen LogP) is 3.99. The third-order valence-electron chi connectivity index (χ3n) is 6.20. The molecule has 0 bridgehead atoms. The van der Waals surface area contributed by atoms with Gasteiger partial charge in [-0.2, -0.15) is 0 Å². The number of para-hydroxylation sites is 1. The summed E-state index contributed by atoms with van der Waals surface area (Å²) < 4.78 is 26.9. The van der Waals surface area contributed by atoms with E-state index < -0.39 is 23.7 Å². The summed E-state index contributed by atoms with van der Waals surface area (Å²) in [7, 11) is 0. The Hall–Kier alpha value is -4.47. The Morgan fingerprint density at radius 2 is 1.81 bits per heavy atom. The Morgan fingerprint density at radius 1 is 1.05 bits per heavy atom. The van der Waals surface area contributed by atoms with Crippen molar-refractivity contribution in [3.63, 3.8) is 0 Å². The van der Waals surface area contributed by atoms with Gasteiger partial charge in [0.05, 0.1) is 5.52 Å². The SMILES string of the molecule is CC(C)C(C(=O)Nc1ccc2c(c1)OCO2)N(Cc1ccccc1F)C(=O)Cn1nnc2ccccc21. The first kappa shape index (κ1) is 24.2. The van der Waals surface area contributed by atoms with Crippen LogP contribution in [0.1, 0.15) is 19.4 Å². The summed E-state index contributed by atoms with van der Waals surface area (Å²) in [6, 6.07) is 17.7. The number of aromatic nitrogens is 3. The summed E-state index contributed by atoms with van der Waals surface area (Å²) in [4.78, 5) is 28.7. The normalized spacial score (nSPS) is 13.1. The molecule has 0 radical (unpaired) electrons. The number of hydrogen-bond acceptors (Lipinski definition) is 6. The molecule has 2 amide bonds. The standard InChI is InChI=1S/C27H26FN5O4/c1-17(2)26(27(35)29-19-11-12-23-24(13-19)37-16-36-23)32(14-18-7-3-4-8-20(18)28)25(34)15-33-22-10-6-5-9-21(22)30-31-33/h3-13,17,26H,14-16H2,1-2H3,(H,29,35). The first-order chi connectivity index (χ1) is 17.9. The van der Waals surface area contributed by atoms with Gasteiger partial charge in [-0.05, 0) is 36.2 Å². The van der Waals surface area contributed by atoms with Crippen LogP contribution < -0.4 is 14.8 Å². The van der Waals surface area contributed by atoms with Gasteiger partial charge in [0, 0.05) is 23.9 Å². The van der Waals surface area contributed by atoms with Gasteiger partial charge >= 0.3 is 0 Å². The average Bonchev–Trinajstić information content (AvgIpc) is 3.51. The lowest BCUT2D eigenvalue weighted by atomic mass is 10.00. The molecule has 1 aromatic heterocycles. The van der Waals surface area contributed by atoms with Crippen molar-refractivity contribution in [1.29, 1.82) is 0 Å². The number of rotatable bonds is 8. The van der Waals surface area contributed by atoms with E-state index in [1.165, 1.54) is 15.6 Å². The van der Waals surface area contributed by atoms with Gasteiger partial charge in [-0.3, -0.25) is 9.59 Å². The first-order valence-electron chi connectivity index (χ1n) is 11.9. The number of nitrogens with one attached hydrogen (secondary N) is 1. The van der Waals surface area contributed by atoms with Crippen LogP contribution in [0.2, 0.25) is 0 Å². The van der Waals surface area contributed by atoms with E-state index in [0.29, 0.717) is 33.8 Å². The third-order valence-corrected chi connectivity index (χ3v) is 6.20. The fourth-order valence-corrected chi connectivity index (χ4v) is 4.40. The third kappa shape index (κ3) is 5.09. The zero-order valence-electron chi connectivity index (χ0n) is 20.4. The van der Waals surface area contributed by atoms with E-state index in [4.69, 9.17) is 9.47 Å². The Kier molecular flexibility index (Phi) is 6.72. The summed E-state index contributed by atoms with van der Waals surface area (Å²) in [5.74, 6) is -0.408. The van der Waals surface area contributed by atoms with Gasteiger partial charge in [0.2, 0.25) is 18.6 Å². The quantitative estimate of drug-likeness (QED) is 0.390. The van der Waals surface area contributed by atoms with Gasteiger partial charge in [-0.25, -0.2) is 9.07 Å². The van der Waals surface area contributed by atoms with Gasteiger partial charge in [0.25, 0.3) is 0 Å². The van der Waals surface area contributed by atoms with Crippen LogP contribution in [0.15, 0.2) is 66.7 Å². The molecule has 4 aromatic rings. The molecule has 9 nitrogen and oxygen atoms in total. The van der Waals surface area contributed by atoms with Crippen LogP contribution in [0.5, 0.6) is 11.5 Å². The van der Waals surface area contributed by atoms with Crippen molar-refractivity contribution in [3.8, 4) is 11.5 Å². The number of benzene rings is 3. The van der Waals surface area contributed by atoms with Crippen molar-refractivity contribution in [3.05, 3.63) is 78.1 Å². The van der Waals surface area contributed by atoms with Crippen molar-refractivity contribution >= 4 is 28.5 Å². The van der Waals surface area contributed by atoms with Gasteiger partial charge in [-0.15, -0.1) is 5.10 Å². The highest BCUT2D eigenvalue weighted by Gasteiger charge is 2.34. The predicted molar refractivity (Wildman–Crippen MR) is 134 cm³/mol. The Labute approximate surface area is 212 Å². The number of halogens is 1. The molecule has 10 heteroatoms. The molecule has 0 spiro atoms. The Bertz CT molecular complexity index is 1450. The molecule has 1 aliphatic rings. The van der Waals surface area contributed by atoms with Gasteiger partial charge < -0.3 is 19.7 Å². The minimum absolute atomic E-state index is 0.0878. The summed E-state index contributed by atoms with van der Waals surface area (Å²) in [5.41, 5.74) is 2.14. The highest BCUT2D eigenvalue weighted by Crippen LogP contribution is 2.34. The largest absolute Gasteiger partial charge is 0.454 e. The number of nitrogens with zero attached hydrogens (tertiary/aromatic N) is 4. The van der Waals surface area contributed by atoms with Crippen molar-refractivity contribution in [2.45, 2.75) is 33.0 Å². The van der Waals surface area contributed by atoms with Gasteiger partial charge in [0.1, 0.15) is 23.9 Å². The van der Waals surface area contributed by atoms with Crippen LogP contribution >= 0.6 is 0 Å². The van der Waals surface area contributed by atoms with Crippen LogP contribution in [0, 0.1) is 11.7 Å². The monoisotopic (exact) mass is 503 g/mol. The number of carbonyl (C=O) groups excluding carboxylic acids is 2. The summed E-state index contributed by atoms with van der Waals surface area (Å²) >= 11 is 0. The molecule has 37 heavy (non-hydrogen) atoms. The molecular formula is C27H26FN5O4. The van der Waals surface area contributed by atoms with E-state index in [1.807, 2.05) is 32.0 Å². The maximum Gasteiger partial charge on any atom is 0.247 e. The number of fused-ring (bicyclic) bond motifs is 2. The van der Waals surface area contributed by atoms with Crippen molar-refractivity contribution in [1.82, 2.24) is 19.9 Å². The van der Waals surface area contributed by atoms with E-state index in [-0.39, 0.29) is 25.8 Å². The molecular weight excluding hydrogens is 477 g/mol. The van der Waals surface area contributed by atoms with Crippen molar-refractivity contribution < 1.29 is 23.5 Å². The molecule has 0 fully saturated rings. The highest BCUT2D eigenvalue weighted by atomic mass is 19.1. The Morgan fingerprint density at radius 3 is 2.62 bits per heavy atom. The fourth-order valence-electron chi connectivity index (χ4n) is 4.40. The smallest absolute Gasteiger partial charge is 0.247 e. The van der Waals surface area contributed by atoms with Crippen LogP contribution in [0.25, 0.3) is 11.0 Å². The number of ether oxygens (including phenoxy) is 2. The van der Waals surface area contributed by atoms with Crippen molar-refractivity contribution in [2.75, 3.05) is 12.1 Å². The van der Waals surface area contributed by atoms with Crippen molar-refractivity contribution in [2.24, 2.45) is 5.92 Å². The summed E-state index contributed by atoms with van der Waals surface area (Å²) in [6.45, 7) is 3.56. The van der Waals surface area contributed by atoms with E-state index in [0.717, 1.165) is 0 Å². The molecule has 5 rings (SSSR count). The molecule has 0 saturated heterocycles.